The van der Waals surface area contributed by atoms with E-state index in [1.165, 1.54) is 11.1 Å². The molecule has 0 aliphatic carbocycles. The Morgan fingerprint density at radius 2 is 1.00 bits per heavy atom. The molecule has 0 saturated heterocycles. The second-order valence-electron chi connectivity index (χ2n) is 7.96. The zero-order chi connectivity index (χ0) is 19.0. The lowest BCUT2D eigenvalue weighted by Gasteiger charge is -2.21. The highest BCUT2D eigenvalue weighted by Gasteiger charge is 2.19. The lowest BCUT2D eigenvalue weighted by molar-refractivity contribution is 0.456. The van der Waals surface area contributed by atoms with E-state index < -0.39 is 0 Å². The van der Waals surface area contributed by atoms with Gasteiger partial charge in [-0.15, -0.1) is 0 Å². The van der Waals surface area contributed by atoms with E-state index in [2.05, 4.69) is 39.8 Å². The molecule has 2 N–H and O–H groups in total. The number of phenols is 2. The van der Waals surface area contributed by atoms with E-state index in [4.69, 9.17) is 0 Å². The van der Waals surface area contributed by atoms with Crippen molar-refractivity contribution in [2.75, 3.05) is 0 Å². The summed E-state index contributed by atoms with van der Waals surface area (Å²) < 4.78 is 0. The van der Waals surface area contributed by atoms with Crippen molar-refractivity contribution < 1.29 is 10.2 Å². The zero-order valence-electron chi connectivity index (χ0n) is 16.9. The second kappa shape index (κ2) is 7.11. The lowest BCUT2D eigenvalue weighted by atomic mass is 9.86. The average molecular weight is 341 g/mol. The molecule has 0 atom stereocenters. The molecule has 0 aliphatic rings. The second-order valence-corrected chi connectivity index (χ2v) is 7.96. The maximum atomic E-state index is 10.8. The standard InChI is InChI=1S/C23H32O2/c1-12(2)18-9-14(5)20(22(24)16(18)7)11-21-15(6)10-19(13(3)4)17(8)23(21)25/h9-10,12-13,24-25H,11H2,1-8H3. The maximum Gasteiger partial charge on any atom is 0.122 e. The molecular weight excluding hydrogens is 308 g/mol. The number of aryl methyl sites for hydroxylation is 2. The molecule has 0 amide bonds. The van der Waals surface area contributed by atoms with Crippen LogP contribution in [-0.4, -0.2) is 10.2 Å². The van der Waals surface area contributed by atoms with Gasteiger partial charge in [0.25, 0.3) is 0 Å². The molecule has 2 nitrogen and oxygen atoms in total. The van der Waals surface area contributed by atoms with Crippen molar-refractivity contribution in [2.24, 2.45) is 0 Å². The van der Waals surface area contributed by atoms with E-state index in [0.717, 1.165) is 33.4 Å². The van der Waals surface area contributed by atoms with Gasteiger partial charge < -0.3 is 10.2 Å². The van der Waals surface area contributed by atoms with Crippen LogP contribution in [0.5, 0.6) is 11.5 Å². The minimum atomic E-state index is 0.369. The van der Waals surface area contributed by atoms with Crippen molar-refractivity contribution in [3.8, 4) is 11.5 Å². The maximum absolute atomic E-state index is 10.8. The van der Waals surface area contributed by atoms with E-state index in [9.17, 15) is 10.2 Å². The van der Waals surface area contributed by atoms with Gasteiger partial charge >= 0.3 is 0 Å². The van der Waals surface area contributed by atoms with Crippen LogP contribution >= 0.6 is 0 Å². The van der Waals surface area contributed by atoms with Gasteiger partial charge in [0.2, 0.25) is 0 Å². The highest BCUT2D eigenvalue weighted by molar-refractivity contribution is 5.56. The van der Waals surface area contributed by atoms with Gasteiger partial charge in [0.1, 0.15) is 11.5 Å². The summed E-state index contributed by atoms with van der Waals surface area (Å²) in [6, 6.07) is 4.35. The molecule has 0 radical (unpaired) electrons. The Hall–Kier alpha value is -1.96. The molecule has 0 saturated carbocycles. The predicted octanol–water partition coefficient (Wildman–Crippen LogP) is 6.17. The first-order valence-corrected chi connectivity index (χ1v) is 9.20. The number of benzene rings is 2. The highest BCUT2D eigenvalue weighted by Crippen LogP contribution is 2.38. The van der Waals surface area contributed by atoms with Crippen molar-refractivity contribution in [3.05, 3.63) is 56.6 Å². The van der Waals surface area contributed by atoms with Crippen LogP contribution in [0.15, 0.2) is 12.1 Å². The lowest BCUT2D eigenvalue weighted by Crippen LogP contribution is -2.04. The molecule has 25 heavy (non-hydrogen) atoms. The van der Waals surface area contributed by atoms with Gasteiger partial charge in [-0.25, -0.2) is 0 Å². The predicted molar refractivity (Wildman–Crippen MR) is 106 cm³/mol. The van der Waals surface area contributed by atoms with Crippen molar-refractivity contribution in [2.45, 2.75) is 73.6 Å². The molecule has 0 aliphatic heterocycles. The van der Waals surface area contributed by atoms with Crippen LogP contribution in [0.1, 0.15) is 84.0 Å². The van der Waals surface area contributed by atoms with Gasteiger partial charge in [0.15, 0.2) is 0 Å². The Morgan fingerprint density at radius 3 is 1.28 bits per heavy atom. The monoisotopic (exact) mass is 340 g/mol. The van der Waals surface area contributed by atoms with Crippen LogP contribution in [-0.2, 0) is 6.42 Å². The summed E-state index contributed by atoms with van der Waals surface area (Å²) in [5.41, 5.74) is 8.25. The molecule has 136 valence electrons. The van der Waals surface area contributed by atoms with Crippen molar-refractivity contribution in [1.29, 1.82) is 0 Å². The summed E-state index contributed by atoms with van der Waals surface area (Å²) in [5.74, 6) is 1.49. The molecule has 2 aromatic carbocycles. The van der Waals surface area contributed by atoms with Gasteiger partial charge in [-0.2, -0.15) is 0 Å². The van der Waals surface area contributed by atoms with E-state index in [1.807, 2.05) is 27.7 Å². The van der Waals surface area contributed by atoms with E-state index in [1.54, 1.807) is 0 Å². The largest absolute Gasteiger partial charge is 0.507 e. The van der Waals surface area contributed by atoms with Crippen LogP contribution in [0.25, 0.3) is 0 Å². The fourth-order valence-electron chi connectivity index (χ4n) is 3.78. The number of hydrogen-bond donors (Lipinski definition) is 2. The van der Waals surface area contributed by atoms with Crippen LogP contribution in [0.2, 0.25) is 0 Å². The average Bonchev–Trinajstić information content (AvgIpc) is 2.53. The third-order valence-corrected chi connectivity index (χ3v) is 5.44. The summed E-state index contributed by atoms with van der Waals surface area (Å²) in [6.45, 7) is 16.6. The van der Waals surface area contributed by atoms with Gasteiger partial charge in [-0.3, -0.25) is 0 Å². The molecule has 0 spiro atoms. The van der Waals surface area contributed by atoms with Crippen molar-refractivity contribution in [3.63, 3.8) is 0 Å². The topological polar surface area (TPSA) is 40.5 Å². The van der Waals surface area contributed by atoms with E-state index >= 15 is 0 Å². The van der Waals surface area contributed by atoms with Crippen LogP contribution in [0.3, 0.4) is 0 Å². The molecule has 0 fully saturated rings. The van der Waals surface area contributed by atoms with Crippen LogP contribution in [0, 0.1) is 27.7 Å². The Morgan fingerprint density at radius 1 is 0.680 bits per heavy atom. The number of aromatic hydroxyl groups is 2. The first-order chi connectivity index (χ1) is 11.6. The first kappa shape index (κ1) is 19.4. The smallest absolute Gasteiger partial charge is 0.122 e. The Bertz CT molecular complexity index is 731. The zero-order valence-corrected chi connectivity index (χ0v) is 16.9. The van der Waals surface area contributed by atoms with Crippen LogP contribution < -0.4 is 0 Å². The number of hydrogen-bond acceptors (Lipinski definition) is 2. The van der Waals surface area contributed by atoms with Gasteiger partial charge in [-0.05, 0) is 72.9 Å². The normalized spacial score (nSPS) is 11.6. The summed E-state index contributed by atoms with van der Waals surface area (Å²) in [6.07, 6.45) is 0.549. The summed E-state index contributed by atoms with van der Waals surface area (Å²) in [5, 5.41) is 21.6. The Balaban J connectivity index is 2.58. The fourth-order valence-corrected chi connectivity index (χ4v) is 3.78. The molecule has 0 unspecified atom stereocenters. The number of rotatable bonds is 4. The quantitative estimate of drug-likeness (QED) is 0.699. The van der Waals surface area contributed by atoms with Gasteiger partial charge in [-0.1, -0.05) is 39.8 Å². The Kier molecular flexibility index (Phi) is 5.51. The molecule has 0 heterocycles. The molecule has 2 aromatic rings. The van der Waals surface area contributed by atoms with E-state index in [0.29, 0.717) is 29.8 Å². The van der Waals surface area contributed by atoms with Gasteiger partial charge in [0, 0.05) is 17.5 Å². The molecule has 0 bridgehead atoms. The van der Waals surface area contributed by atoms with Crippen LogP contribution in [0.4, 0.5) is 0 Å². The third-order valence-electron chi connectivity index (χ3n) is 5.44. The minimum Gasteiger partial charge on any atom is -0.507 e. The molecule has 0 aromatic heterocycles. The van der Waals surface area contributed by atoms with Crippen molar-refractivity contribution >= 4 is 0 Å². The highest BCUT2D eigenvalue weighted by atomic mass is 16.3. The van der Waals surface area contributed by atoms with E-state index in [-0.39, 0.29) is 0 Å². The summed E-state index contributed by atoms with van der Waals surface area (Å²) in [7, 11) is 0. The van der Waals surface area contributed by atoms with Crippen molar-refractivity contribution in [1.82, 2.24) is 0 Å². The summed E-state index contributed by atoms with van der Waals surface area (Å²) in [4.78, 5) is 0. The molecule has 2 heteroatoms. The van der Waals surface area contributed by atoms with Gasteiger partial charge in [0.05, 0.1) is 0 Å². The fraction of sp³-hybridized carbons (Fsp3) is 0.478. The number of phenolic OH excluding ortho intramolecular Hbond substituents is 2. The minimum absolute atomic E-state index is 0.369. The SMILES string of the molecule is Cc1cc(C(C)C)c(C)c(O)c1Cc1c(C)cc(C(C)C)c(C)c1O. The Labute approximate surface area is 152 Å². The molecular formula is C23H32O2. The first-order valence-electron chi connectivity index (χ1n) is 9.20. The molecule has 2 rings (SSSR count). The third kappa shape index (κ3) is 3.53. The summed E-state index contributed by atoms with van der Waals surface area (Å²) >= 11 is 0.